The van der Waals surface area contributed by atoms with Gasteiger partial charge in [-0.2, -0.15) is 0 Å². The first kappa shape index (κ1) is 15.3. The van der Waals surface area contributed by atoms with Crippen molar-refractivity contribution in [3.05, 3.63) is 18.0 Å². The van der Waals surface area contributed by atoms with Gasteiger partial charge in [0.15, 0.2) is 11.4 Å². The van der Waals surface area contributed by atoms with E-state index < -0.39 is 24.3 Å². The molecule has 0 spiro atoms. The molecule has 1 aromatic heterocycles. The lowest BCUT2D eigenvalue weighted by Crippen LogP contribution is -2.41. The first-order chi connectivity index (χ1) is 10.2. The smallest absolute Gasteiger partial charge is 0.488 e. The van der Waals surface area contributed by atoms with Crippen molar-refractivity contribution in [2.24, 2.45) is 0 Å². The van der Waals surface area contributed by atoms with Crippen molar-refractivity contribution in [3.63, 3.8) is 0 Å². The fraction of sp³-hybridized carbons (Fsp3) is 0.600. The lowest BCUT2D eigenvalue weighted by atomic mass is 9.78. The van der Waals surface area contributed by atoms with Crippen molar-refractivity contribution in [1.82, 2.24) is 4.98 Å². The lowest BCUT2D eigenvalue weighted by molar-refractivity contribution is 0.00578. The quantitative estimate of drug-likeness (QED) is 0.852. The van der Waals surface area contributed by atoms with Crippen LogP contribution in [0.3, 0.4) is 0 Å². The summed E-state index contributed by atoms with van der Waals surface area (Å²) < 4.78 is 17.8. The van der Waals surface area contributed by atoms with E-state index >= 15 is 0 Å². The second-order valence-corrected chi connectivity index (χ2v) is 6.79. The van der Waals surface area contributed by atoms with Gasteiger partial charge in [0.25, 0.3) is 0 Å². The molecular weight excluding hydrogens is 285 g/mol. The molecule has 118 valence electrons. The predicted octanol–water partition coefficient (Wildman–Crippen LogP) is 1.62. The molecule has 2 heterocycles. The summed E-state index contributed by atoms with van der Waals surface area (Å²) in [4.78, 5) is 15.3. The van der Waals surface area contributed by atoms with E-state index in [1.165, 1.54) is 6.20 Å². The Morgan fingerprint density at radius 2 is 1.91 bits per heavy atom. The molecule has 1 N–H and O–H groups in total. The number of ether oxygens (including phenoxy) is 1. The Hall–Kier alpha value is -1.60. The van der Waals surface area contributed by atoms with Crippen LogP contribution in [0.1, 0.15) is 51.0 Å². The molecule has 0 unspecified atom stereocenters. The van der Waals surface area contributed by atoms with E-state index in [-0.39, 0.29) is 17.5 Å². The zero-order valence-corrected chi connectivity index (χ0v) is 13.3. The second-order valence-electron chi connectivity index (χ2n) is 6.79. The van der Waals surface area contributed by atoms with E-state index in [2.05, 4.69) is 4.98 Å². The van der Waals surface area contributed by atoms with Gasteiger partial charge in [0.1, 0.15) is 0 Å². The number of aromatic nitrogens is 1. The zero-order chi connectivity index (χ0) is 16.1. The van der Waals surface area contributed by atoms with Crippen LogP contribution in [0.15, 0.2) is 12.3 Å². The van der Waals surface area contributed by atoms with Gasteiger partial charge in [-0.25, -0.2) is 9.78 Å². The first-order valence-electron chi connectivity index (χ1n) is 7.46. The Morgan fingerprint density at radius 3 is 2.41 bits per heavy atom. The predicted molar refractivity (Wildman–Crippen MR) is 80.6 cm³/mol. The number of aromatic carboxylic acids is 1. The Labute approximate surface area is 129 Å². The molecule has 7 heteroatoms. The van der Waals surface area contributed by atoms with E-state index in [0.717, 1.165) is 12.8 Å². The van der Waals surface area contributed by atoms with E-state index in [4.69, 9.17) is 14.0 Å². The molecule has 0 radical (unpaired) electrons. The number of hydrogen-bond acceptors (Lipinski definition) is 5. The van der Waals surface area contributed by atoms with Gasteiger partial charge in [0, 0.05) is 11.7 Å². The molecule has 0 bridgehead atoms. The van der Waals surface area contributed by atoms with Crippen LogP contribution in [0.5, 0.6) is 5.75 Å². The van der Waals surface area contributed by atoms with Crippen molar-refractivity contribution in [2.75, 3.05) is 0 Å². The molecule has 0 amide bonds. The summed E-state index contributed by atoms with van der Waals surface area (Å²) in [5.41, 5.74) is -0.514. The molecular formula is C15H20BNO5. The summed E-state index contributed by atoms with van der Waals surface area (Å²) in [5, 5.41) is 9.35. The van der Waals surface area contributed by atoms with Crippen LogP contribution >= 0.6 is 0 Å². The van der Waals surface area contributed by atoms with Crippen molar-refractivity contribution >= 4 is 18.6 Å². The summed E-state index contributed by atoms with van der Waals surface area (Å²) in [6, 6.07) is 1.70. The maximum Gasteiger partial charge on any atom is 0.498 e. The molecule has 0 aromatic carbocycles. The number of carbonyl (C=O) groups is 1. The number of pyridine rings is 1. The molecule has 22 heavy (non-hydrogen) atoms. The molecule has 1 saturated heterocycles. The molecule has 2 aliphatic rings. The van der Waals surface area contributed by atoms with Gasteiger partial charge in [0.2, 0.25) is 0 Å². The van der Waals surface area contributed by atoms with E-state index in [1.807, 2.05) is 27.7 Å². The van der Waals surface area contributed by atoms with Gasteiger partial charge in [-0.15, -0.1) is 0 Å². The van der Waals surface area contributed by atoms with Crippen molar-refractivity contribution in [3.8, 4) is 5.75 Å². The number of hydrogen-bond donors (Lipinski definition) is 1. The number of rotatable bonds is 4. The van der Waals surface area contributed by atoms with Crippen LogP contribution in [0.2, 0.25) is 0 Å². The highest BCUT2D eigenvalue weighted by Crippen LogP contribution is 2.38. The lowest BCUT2D eigenvalue weighted by Gasteiger charge is -2.32. The van der Waals surface area contributed by atoms with Crippen LogP contribution < -0.4 is 10.2 Å². The van der Waals surface area contributed by atoms with Crippen LogP contribution in [0.4, 0.5) is 0 Å². The van der Waals surface area contributed by atoms with Gasteiger partial charge in [0.05, 0.1) is 17.3 Å². The third kappa shape index (κ3) is 2.59. The molecule has 1 saturated carbocycles. The minimum atomic E-state index is -1.12. The Kier molecular flexibility index (Phi) is 3.45. The fourth-order valence-electron chi connectivity index (χ4n) is 2.25. The average Bonchev–Trinajstić information content (AvgIpc) is 3.17. The Morgan fingerprint density at radius 1 is 1.32 bits per heavy atom. The third-order valence-electron chi connectivity index (χ3n) is 4.45. The molecule has 1 aromatic rings. The summed E-state index contributed by atoms with van der Waals surface area (Å²) in [6.07, 6.45) is 3.36. The largest absolute Gasteiger partial charge is 0.498 e. The van der Waals surface area contributed by atoms with Crippen LogP contribution in [0, 0.1) is 0 Å². The molecule has 3 rings (SSSR count). The zero-order valence-electron chi connectivity index (χ0n) is 13.3. The van der Waals surface area contributed by atoms with E-state index in [1.54, 1.807) is 6.07 Å². The average molecular weight is 305 g/mol. The third-order valence-corrected chi connectivity index (χ3v) is 4.45. The normalized spacial score (nSPS) is 22.6. The van der Waals surface area contributed by atoms with Gasteiger partial charge < -0.3 is 19.2 Å². The summed E-state index contributed by atoms with van der Waals surface area (Å²) in [5.74, 6) is -0.856. The van der Waals surface area contributed by atoms with Crippen molar-refractivity contribution in [2.45, 2.75) is 57.8 Å². The summed E-state index contributed by atoms with van der Waals surface area (Å²) in [6.45, 7) is 7.81. The number of carboxylic acid groups (broad SMARTS) is 1. The van der Waals surface area contributed by atoms with E-state index in [0.29, 0.717) is 5.46 Å². The summed E-state index contributed by atoms with van der Waals surface area (Å²) in [7, 11) is -0.667. The molecule has 6 nitrogen and oxygen atoms in total. The maximum absolute atomic E-state index is 11.4. The van der Waals surface area contributed by atoms with Crippen LogP contribution in [-0.2, 0) is 9.31 Å². The van der Waals surface area contributed by atoms with Crippen molar-refractivity contribution < 1.29 is 23.9 Å². The highest BCUT2D eigenvalue weighted by atomic mass is 16.7. The fourth-order valence-corrected chi connectivity index (χ4v) is 2.25. The van der Waals surface area contributed by atoms with Gasteiger partial charge in [-0.1, -0.05) is 0 Å². The SMILES string of the molecule is CC1(C)OB(c2ccnc(C(=O)O)c2OC2CC2)OC1(C)C. The van der Waals surface area contributed by atoms with E-state index in [9.17, 15) is 9.90 Å². The molecule has 2 fully saturated rings. The second kappa shape index (κ2) is 4.96. The standard InChI is InChI=1S/C15H20BNO5/c1-14(2)15(3,4)22-16(21-14)10-7-8-17-11(13(18)19)12(10)20-9-5-6-9/h7-9H,5-6H2,1-4H3,(H,18,19). The first-order valence-corrected chi connectivity index (χ1v) is 7.46. The highest BCUT2D eigenvalue weighted by Gasteiger charge is 2.53. The topological polar surface area (TPSA) is 77.9 Å². The number of nitrogens with zero attached hydrogens (tertiary/aromatic N) is 1. The summed E-state index contributed by atoms with van der Waals surface area (Å²) >= 11 is 0. The number of carboxylic acids is 1. The van der Waals surface area contributed by atoms with Gasteiger partial charge >= 0.3 is 13.1 Å². The molecule has 1 aliphatic carbocycles. The Balaban J connectivity index is 2.00. The minimum Gasteiger partial charge on any atom is -0.488 e. The molecule has 1 aliphatic heterocycles. The van der Waals surface area contributed by atoms with Gasteiger partial charge in [-0.05, 0) is 46.6 Å². The Bertz CT molecular complexity index is 596. The molecule has 0 atom stereocenters. The maximum atomic E-state index is 11.4. The highest BCUT2D eigenvalue weighted by molar-refractivity contribution is 6.63. The van der Waals surface area contributed by atoms with Crippen LogP contribution in [-0.4, -0.2) is 40.5 Å². The monoisotopic (exact) mass is 305 g/mol. The van der Waals surface area contributed by atoms with Crippen LogP contribution in [0.25, 0.3) is 0 Å². The van der Waals surface area contributed by atoms with Gasteiger partial charge in [-0.3, -0.25) is 0 Å². The minimum absolute atomic E-state index is 0.0588. The van der Waals surface area contributed by atoms with Crippen molar-refractivity contribution in [1.29, 1.82) is 0 Å².